The zero-order valence-corrected chi connectivity index (χ0v) is 11.2. The van der Waals surface area contributed by atoms with E-state index < -0.39 is 44.9 Å². The highest BCUT2D eigenvalue weighted by molar-refractivity contribution is 5.84. The van der Waals surface area contributed by atoms with Gasteiger partial charge in [-0.2, -0.15) is 0 Å². The average Bonchev–Trinajstić information content (AvgIpc) is 3.08. The number of aromatic nitrogens is 1. The number of amides is 1. The fraction of sp³-hybridized carbons (Fsp3) is 0.438. The van der Waals surface area contributed by atoms with Gasteiger partial charge in [0, 0.05) is 33.2 Å². The van der Waals surface area contributed by atoms with E-state index in [1.807, 2.05) is 0 Å². The van der Waals surface area contributed by atoms with Crippen LogP contribution in [0.1, 0.15) is 24.8 Å². The number of alkyl carbamates (subject to hydrolysis) is 1. The molecule has 0 saturated carbocycles. The van der Waals surface area contributed by atoms with Crippen LogP contribution in [0.25, 0.3) is 10.9 Å². The van der Waals surface area contributed by atoms with E-state index >= 15 is 0 Å². The van der Waals surface area contributed by atoms with E-state index in [9.17, 15) is 4.79 Å². The van der Waals surface area contributed by atoms with Gasteiger partial charge in [0.1, 0.15) is 6.56 Å². The van der Waals surface area contributed by atoms with Crippen LogP contribution >= 0.6 is 0 Å². The van der Waals surface area contributed by atoms with Gasteiger partial charge < -0.3 is 19.9 Å². The normalized spacial score (nSPS) is 35.0. The second kappa shape index (κ2) is 5.77. The number of ether oxygens (including phenoxy) is 1. The van der Waals surface area contributed by atoms with Crippen molar-refractivity contribution in [2.24, 2.45) is 0 Å². The van der Waals surface area contributed by atoms with Crippen LogP contribution in [0.5, 0.6) is 0 Å². The second-order valence-corrected chi connectivity index (χ2v) is 4.52. The van der Waals surface area contributed by atoms with E-state index in [-0.39, 0.29) is 32.2 Å². The Labute approximate surface area is 141 Å². The van der Waals surface area contributed by atoms with Gasteiger partial charge >= 0.3 is 6.09 Å². The molecule has 0 spiro atoms. The molecule has 1 aliphatic heterocycles. The molecule has 0 unspecified atom stereocenters. The predicted octanol–water partition coefficient (Wildman–Crippen LogP) is 1.92. The number of fused-ring (bicyclic) bond motifs is 1. The molecule has 1 atom stereocenters. The molecule has 1 aromatic carbocycles. The van der Waals surface area contributed by atoms with Gasteiger partial charge in [-0.1, -0.05) is 6.07 Å². The number of cyclic esters (lactones) is 1. The van der Waals surface area contributed by atoms with E-state index in [1.165, 1.54) is 18.2 Å². The maximum atomic E-state index is 11.6. The van der Waals surface area contributed by atoms with Crippen LogP contribution in [-0.2, 0) is 17.5 Å². The maximum Gasteiger partial charge on any atom is 0.407 e. The van der Waals surface area contributed by atoms with Crippen molar-refractivity contribution in [2.75, 3.05) is 27.1 Å². The second-order valence-electron chi connectivity index (χ2n) is 4.52. The summed E-state index contributed by atoms with van der Waals surface area (Å²) in [4.78, 5) is 12.7. The Hall–Kier alpha value is -2.01. The molecule has 1 aliphatic rings. The van der Waals surface area contributed by atoms with Gasteiger partial charge in [-0.3, -0.25) is 0 Å². The average molecular weight is 299 g/mol. The standard InChI is InChI=1S/C16H21N3O2/c1-19(2)6-5-12-9-17-15-4-3-11(8-14(12)15)7-13-10-21-16(20)18-13/h3-4,8-9,13,17H,5-7,10H2,1-2H3,(H,18,20)/t13-/m0/s1/i1D3,5D2,6D2,10D2,13D/hD2. The summed E-state index contributed by atoms with van der Waals surface area (Å²) in [6.07, 6.45) is -3.78. The molecule has 5 nitrogen and oxygen atoms in total. The zero-order chi connectivity index (χ0) is 25.4. The lowest BCUT2D eigenvalue weighted by Crippen LogP contribution is -2.28. The minimum atomic E-state index is -3.03. The first-order chi connectivity index (χ1) is 14.8. The molecule has 5 heteroatoms. The highest BCUT2D eigenvalue weighted by Crippen LogP contribution is 2.21. The molecule has 1 aromatic heterocycles. The number of nitrogens with zero attached hydrogens (tertiary/aromatic N) is 1. The number of rotatable bonds is 5. The van der Waals surface area contributed by atoms with Crippen molar-refractivity contribution < 1.29 is 26.1 Å². The molecular weight excluding hydrogens is 266 g/mol. The quantitative estimate of drug-likeness (QED) is 0.887. The third-order valence-corrected chi connectivity index (χ3v) is 2.90. The summed E-state index contributed by atoms with van der Waals surface area (Å²) in [5.74, 6) is 0. The zero-order valence-electron chi connectivity index (χ0n) is 23.2. The van der Waals surface area contributed by atoms with E-state index in [2.05, 4.69) is 4.74 Å². The van der Waals surface area contributed by atoms with Crippen LogP contribution in [0.4, 0.5) is 4.79 Å². The predicted molar refractivity (Wildman–Crippen MR) is 82.5 cm³/mol. The van der Waals surface area contributed by atoms with Crippen LogP contribution in [0.15, 0.2) is 24.4 Å². The highest BCUT2D eigenvalue weighted by atomic mass is 16.6. The number of aromatic amines is 1. The number of carbonyl (C=O) groups is 1. The van der Waals surface area contributed by atoms with Crippen molar-refractivity contribution in [3.63, 3.8) is 0 Å². The lowest BCUT2D eigenvalue weighted by Gasteiger charge is -2.09. The minimum absolute atomic E-state index is 0.0289. The lowest BCUT2D eigenvalue weighted by atomic mass is 10.0. The number of carbonyl (C=O) groups excluding carboxylic acids is 1. The first-order valence-corrected chi connectivity index (χ1v) is 6.17. The number of benzene rings is 1. The summed E-state index contributed by atoms with van der Waals surface area (Å²) in [5.41, 5.74) is -0.00244. The molecule has 2 heterocycles. The minimum Gasteiger partial charge on any atom is -0.447 e. The molecule has 21 heavy (non-hydrogen) atoms. The van der Waals surface area contributed by atoms with Crippen LogP contribution in [0.2, 0.25) is 2.82 Å². The highest BCUT2D eigenvalue weighted by Gasteiger charge is 2.22. The van der Waals surface area contributed by atoms with Gasteiger partial charge in [0.25, 0.3) is 0 Å². The Kier molecular flexibility index (Phi) is 1.55. The van der Waals surface area contributed by atoms with Gasteiger partial charge in [-0.05, 0) is 50.1 Å². The lowest BCUT2D eigenvalue weighted by molar-refractivity contribution is 0.177. The monoisotopic (exact) mass is 299 g/mol. The first kappa shape index (κ1) is 5.65. The van der Waals surface area contributed by atoms with Crippen molar-refractivity contribution in [1.29, 1.82) is 0 Å². The van der Waals surface area contributed by atoms with Crippen LogP contribution in [0, 0.1) is 0 Å². The topological polar surface area (TPSA) is 57.4 Å². The van der Waals surface area contributed by atoms with Gasteiger partial charge in [-0.25, -0.2) is 4.79 Å². The smallest absolute Gasteiger partial charge is 0.407 e. The summed E-state index contributed by atoms with van der Waals surface area (Å²) in [7, 11) is 0.919. The van der Waals surface area contributed by atoms with Crippen molar-refractivity contribution >= 4 is 17.0 Å². The van der Waals surface area contributed by atoms with Crippen LogP contribution < -0.4 is 5.31 Å². The number of likely N-dealkylation sites (N-methyl/N-ethyl adjacent to an activating group) is 1. The third kappa shape index (κ3) is 3.19. The van der Waals surface area contributed by atoms with E-state index in [1.54, 1.807) is 0 Å². The molecule has 1 fully saturated rings. The molecule has 3 rings (SSSR count). The van der Waals surface area contributed by atoms with E-state index in [0.717, 1.165) is 18.2 Å². The molecule has 0 bridgehead atoms. The van der Waals surface area contributed by atoms with Gasteiger partial charge in [-0.15, -0.1) is 0 Å². The number of hydrogen-bond donors (Lipinski definition) is 2. The van der Waals surface area contributed by atoms with Crippen molar-refractivity contribution in [1.82, 2.24) is 15.2 Å². The fourth-order valence-electron chi connectivity index (χ4n) is 2.00. The molecule has 1 amide bonds. The summed E-state index contributed by atoms with van der Waals surface area (Å²) in [6.45, 7) is -8.79. The van der Waals surface area contributed by atoms with Crippen molar-refractivity contribution in [2.45, 2.75) is 18.8 Å². The summed E-state index contributed by atoms with van der Waals surface area (Å²) in [6, 6.07) is 1.60. The Morgan fingerprint density at radius 2 is 2.62 bits per heavy atom. The number of hydrogen-bond acceptors (Lipinski definition) is 3. The SMILES string of the molecule is [2H]N1C(=O)OC([2H])([2H])[C@]1([2H])Cc1ccc2c(c1)c(C([2H])([2H])C([2H])([2H])N(C)C([2H])([2H])[2H])cn2[2H]. The molecule has 2 aromatic rings. The largest absolute Gasteiger partial charge is 0.447 e. The maximum absolute atomic E-state index is 11.6. The summed E-state index contributed by atoms with van der Waals surface area (Å²) >= 11 is 0. The molecule has 0 aliphatic carbocycles. The van der Waals surface area contributed by atoms with Crippen molar-refractivity contribution in [3.05, 3.63) is 35.5 Å². The fourth-order valence-corrected chi connectivity index (χ4v) is 2.00. The van der Waals surface area contributed by atoms with Crippen LogP contribution in [-0.4, -0.2) is 49.1 Å². The molecular formula is C16H21N3O2. The summed E-state index contributed by atoms with van der Waals surface area (Å²) < 4.78 is 99.8. The summed E-state index contributed by atoms with van der Waals surface area (Å²) in [5, 5.41) is 0.0954. The Bertz CT molecular complexity index is 1100. The number of aryl methyl sites for hydroxylation is 1. The number of nitrogens with one attached hydrogen (secondary N) is 2. The number of H-pyrrole nitrogens is 1. The van der Waals surface area contributed by atoms with Gasteiger partial charge in [0.05, 0.1) is 10.1 Å². The van der Waals surface area contributed by atoms with Crippen molar-refractivity contribution in [3.8, 4) is 0 Å². The van der Waals surface area contributed by atoms with Gasteiger partial charge in [0.15, 0.2) is 2.82 Å². The van der Waals surface area contributed by atoms with E-state index in [4.69, 9.17) is 16.5 Å². The molecule has 1 saturated heterocycles. The molecule has 2 N–H and O–H groups in total. The van der Waals surface area contributed by atoms with E-state index in [0.29, 0.717) is 0 Å². The molecule has 112 valence electrons. The molecule has 0 radical (unpaired) electrons. The Morgan fingerprint density at radius 1 is 1.71 bits per heavy atom. The first-order valence-electron chi connectivity index (χ1n) is 12.1. The Balaban J connectivity index is 2.11. The third-order valence-electron chi connectivity index (χ3n) is 2.90. The van der Waals surface area contributed by atoms with Crippen LogP contribution in [0.3, 0.4) is 0 Å². The Morgan fingerprint density at radius 3 is 3.38 bits per heavy atom. The van der Waals surface area contributed by atoms with Gasteiger partial charge in [0.2, 0.25) is 0 Å².